The predicted octanol–water partition coefficient (Wildman–Crippen LogP) is 2.35. The molecule has 0 saturated heterocycles. The van der Waals surface area contributed by atoms with Crippen molar-refractivity contribution >= 4 is 17.4 Å². The molecule has 1 heterocycles. The standard InChI is InChI=1S/C17H19N5O/c1-11-7-12(2)17(13(3)8-11)19-16(23)10-22(4)15-6-5-14(9-18)20-21-15/h5-8H,10H2,1-4H3,(H,19,23). The molecule has 1 amide bonds. The maximum absolute atomic E-state index is 12.3. The summed E-state index contributed by atoms with van der Waals surface area (Å²) in [5.41, 5.74) is 4.34. The molecule has 0 bridgehead atoms. The van der Waals surface area contributed by atoms with Gasteiger partial charge in [-0.05, 0) is 44.0 Å². The van der Waals surface area contributed by atoms with Crippen molar-refractivity contribution in [2.24, 2.45) is 0 Å². The Morgan fingerprint density at radius 2 is 1.87 bits per heavy atom. The average molecular weight is 309 g/mol. The highest BCUT2D eigenvalue weighted by atomic mass is 16.2. The van der Waals surface area contributed by atoms with Gasteiger partial charge in [0, 0.05) is 12.7 Å². The van der Waals surface area contributed by atoms with Crippen molar-refractivity contribution in [2.75, 3.05) is 23.8 Å². The Hall–Kier alpha value is -2.94. The second-order valence-corrected chi connectivity index (χ2v) is 5.57. The van der Waals surface area contributed by atoms with Crippen molar-refractivity contribution < 1.29 is 4.79 Å². The van der Waals surface area contributed by atoms with Gasteiger partial charge in [0.05, 0.1) is 6.54 Å². The van der Waals surface area contributed by atoms with Gasteiger partial charge in [0.2, 0.25) is 5.91 Å². The van der Waals surface area contributed by atoms with Crippen LogP contribution < -0.4 is 10.2 Å². The van der Waals surface area contributed by atoms with Crippen LogP contribution in [0, 0.1) is 32.1 Å². The van der Waals surface area contributed by atoms with Crippen LogP contribution in [0.4, 0.5) is 11.5 Å². The Kier molecular flexibility index (Phi) is 4.91. The zero-order valence-corrected chi connectivity index (χ0v) is 13.7. The van der Waals surface area contributed by atoms with Gasteiger partial charge in [-0.3, -0.25) is 4.79 Å². The van der Waals surface area contributed by atoms with Gasteiger partial charge in [0.1, 0.15) is 6.07 Å². The van der Waals surface area contributed by atoms with Crippen molar-refractivity contribution in [3.8, 4) is 6.07 Å². The number of carbonyl (C=O) groups is 1. The molecule has 6 nitrogen and oxygen atoms in total. The zero-order chi connectivity index (χ0) is 17.0. The molecule has 0 radical (unpaired) electrons. The Balaban J connectivity index is 2.06. The molecule has 0 unspecified atom stereocenters. The molecule has 2 rings (SSSR count). The number of rotatable bonds is 4. The smallest absolute Gasteiger partial charge is 0.243 e. The first-order valence-electron chi connectivity index (χ1n) is 7.23. The number of anilines is 2. The largest absolute Gasteiger partial charge is 0.349 e. The van der Waals surface area contributed by atoms with Crippen LogP contribution >= 0.6 is 0 Å². The van der Waals surface area contributed by atoms with Gasteiger partial charge in [0.15, 0.2) is 11.5 Å². The normalized spacial score (nSPS) is 10.0. The van der Waals surface area contributed by atoms with E-state index in [1.54, 1.807) is 24.1 Å². The molecule has 6 heteroatoms. The minimum Gasteiger partial charge on any atom is -0.349 e. The molecule has 1 N–H and O–H groups in total. The number of hydrogen-bond donors (Lipinski definition) is 1. The number of nitriles is 1. The van der Waals surface area contributed by atoms with E-state index in [-0.39, 0.29) is 18.1 Å². The average Bonchev–Trinajstić information content (AvgIpc) is 2.51. The minimum absolute atomic E-state index is 0.131. The van der Waals surface area contributed by atoms with Crippen molar-refractivity contribution in [1.82, 2.24) is 10.2 Å². The number of nitrogens with one attached hydrogen (secondary N) is 1. The number of hydrogen-bond acceptors (Lipinski definition) is 5. The van der Waals surface area contributed by atoms with Gasteiger partial charge in [-0.15, -0.1) is 10.2 Å². The van der Waals surface area contributed by atoms with E-state index in [1.807, 2.05) is 39.0 Å². The Morgan fingerprint density at radius 3 is 2.39 bits per heavy atom. The summed E-state index contributed by atoms with van der Waals surface area (Å²) in [5.74, 6) is 0.408. The van der Waals surface area contributed by atoms with E-state index in [1.165, 1.54) is 5.56 Å². The first kappa shape index (κ1) is 16.4. The van der Waals surface area contributed by atoms with Gasteiger partial charge >= 0.3 is 0 Å². The van der Waals surface area contributed by atoms with Crippen LogP contribution in [0.2, 0.25) is 0 Å². The number of likely N-dealkylation sites (N-methyl/N-ethyl adjacent to an activating group) is 1. The van der Waals surface area contributed by atoms with Crippen molar-refractivity contribution in [3.05, 3.63) is 46.6 Å². The third kappa shape index (κ3) is 4.04. The highest BCUT2D eigenvalue weighted by Gasteiger charge is 2.12. The second kappa shape index (κ2) is 6.88. The summed E-state index contributed by atoms with van der Waals surface area (Å²) in [6, 6.07) is 9.23. The Labute approximate surface area is 135 Å². The first-order chi connectivity index (χ1) is 10.9. The maximum atomic E-state index is 12.3. The topological polar surface area (TPSA) is 81.9 Å². The summed E-state index contributed by atoms with van der Waals surface area (Å²) >= 11 is 0. The molecule has 0 aliphatic heterocycles. The van der Waals surface area contributed by atoms with Crippen molar-refractivity contribution in [2.45, 2.75) is 20.8 Å². The van der Waals surface area contributed by atoms with Crippen LogP contribution in [0.3, 0.4) is 0 Å². The molecule has 0 aliphatic rings. The molecule has 0 atom stereocenters. The molecule has 0 aliphatic carbocycles. The lowest BCUT2D eigenvalue weighted by atomic mass is 10.1. The van der Waals surface area contributed by atoms with Crippen LogP contribution in [-0.2, 0) is 4.79 Å². The van der Waals surface area contributed by atoms with Gasteiger partial charge in [-0.1, -0.05) is 17.7 Å². The quantitative estimate of drug-likeness (QED) is 0.937. The van der Waals surface area contributed by atoms with E-state index in [2.05, 4.69) is 15.5 Å². The molecule has 23 heavy (non-hydrogen) atoms. The van der Waals surface area contributed by atoms with E-state index < -0.39 is 0 Å². The molecule has 1 aromatic heterocycles. The monoisotopic (exact) mass is 309 g/mol. The Bertz CT molecular complexity index is 739. The fourth-order valence-corrected chi connectivity index (χ4v) is 2.44. The van der Waals surface area contributed by atoms with Crippen LogP contribution in [0.5, 0.6) is 0 Å². The fourth-order valence-electron chi connectivity index (χ4n) is 2.44. The number of amides is 1. The van der Waals surface area contributed by atoms with Gasteiger partial charge in [0.25, 0.3) is 0 Å². The summed E-state index contributed by atoms with van der Waals surface area (Å²) in [5, 5.41) is 19.4. The Morgan fingerprint density at radius 1 is 1.22 bits per heavy atom. The van der Waals surface area contributed by atoms with E-state index in [0.29, 0.717) is 5.82 Å². The highest BCUT2D eigenvalue weighted by Crippen LogP contribution is 2.22. The summed E-state index contributed by atoms with van der Waals surface area (Å²) in [6.45, 7) is 6.13. The van der Waals surface area contributed by atoms with Crippen LogP contribution in [0.25, 0.3) is 0 Å². The third-order valence-corrected chi connectivity index (χ3v) is 3.48. The van der Waals surface area contributed by atoms with Gasteiger partial charge in [-0.25, -0.2) is 0 Å². The molecule has 0 fully saturated rings. The lowest BCUT2D eigenvalue weighted by Crippen LogP contribution is -2.31. The van der Waals surface area contributed by atoms with E-state index >= 15 is 0 Å². The molecular formula is C17H19N5O. The number of carbonyl (C=O) groups excluding carboxylic acids is 1. The van der Waals surface area contributed by atoms with Gasteiger partial charge < -0.3 is 10.2 Å². The predicted molar refractivity (Wildman–Crippen MR) is 89.3 cm³/mol. The summed E-state index contributed by atoms with van der Waals surface area (Å²) in [6.07, 6.45) is 0. The number of aromatic nitrogens is 2. The summed E-state index contributed by atoms with van der Waals surface area (Å²) in [7, 11) is 1.75. The molecular weight excluding hydrogens is 290 g/mol. The van der Waals surface area contributed by atoms with Crippen molar-refractivity contribution in [3.63, 3.8) is 0 Å². The van der Waals surface area contributed by atoms with E-state index in [9.17, 15) is 4.79 Å². The van der Waals surface area contributed by atoms with Crippen LogP contribution in [0.15, 0.2) is 24.3 Å². The third-order valence-electron chi connectivity index (χ3n) is 3.48. The van der Waals surface area contributed by atoms with Crippen LogP contribution in [0.1, 0.15) is 22.4 Å². The van der Waals surface area contributed by atoms with E-state index in [0.717, 1.165) is 16.8 Å². The molecule has 0 spiro atoms. The fraction of sp³-hybridized carbons (Fsp3) is 0.294. The molecule has 2 aromatic rings. The molecule has 0 saturated carbocycles. The highest BCUT2D eigenvalue weighted by molar-refractivity contribution is 5.95. The molecule has 118 valence electrons. The first-order valence-corrected chi connectivity index (χ1v) is 7.23. The number of benzene rings is 1. The lowest BCUT2D eigenvalue weighted by Gasteiger charge is -2.18. The van der Waals surface area contributed by atoms with Gasteiger partial charge in [-0.2, -0.15) is 5.26 Å². The maximum Gasteiger partial charge on any atom is 0.243 e. The second-order valence-electron chi connectivity index (χ2n) is 5.57. The summed E-state index contributed by atoms with van der Waals surface area (Å²) in [4.78, 5) is 13.9. The minimum atomic E-state index is -0.131. The zero-order valence-electron chi connectivity index (χ0n) is 13.7. The van der Waals surface area contributed by atoms with Crippen LogP contribution in [-0.4, -0.2) is 29.7 Å². The van der Waals surface area contributed by atoms with E-state index in [4.69, 9.17) is 5.26 Å². The SMILES string of the molecule is Cc1cc(C)c(NC(=O)CN(C)c2ccc(C#N)nn2)c(C)c1. The summed E-state index contributed by atoms with van der Waals surface area (Å²) < 4.78 is 0. The van der Waals surface area contributed by atoms with Crippen molar-refractivity contribution in [1.29, 1.82) is 5.26 Å². The lowest BCUT2D eigenvalue weighted by molar-refractivity contribution is -0.114. The number of aryl methyl sites for hydroxylation is 3. The molecule has 1 aromatic carbocycles. The number of nitrogens with zero attached hydrogens (tertiary/aromatic N) is 4.